The average Bonchev–Trinajstić information content (AvgIpc) is 2.22. The van der Waals surface area contributed by atoms with Crippen LogP contribution < -0.4 is 10.1 Å². The zero-order chi connectivity index (χ0) is 11.4. The summed E-state index contributed by atoms with van der Waals surface area (Å²) in [5.74, 6) is 0.718. The average molecular weight is 337 g/mol. The Morgan fingerprint density at radius 3 is 2.33 bits per heavy atom. The molecule has 3 nitrogen and oxygen atoms in total. The molecular formula is C10H11Br2NO2. The summed E-state index contributed by atoms with van der Waals surface area (Å²) >= 11 is 6.81. The fourth-order valence-electron chi connectivity index (χ4n) is 1.12. The van der Waals surface area contributed by atoms with E-state index in [1.54, 1.807) is 14.2 Å². The van der Waals surface area contributed by atoms with Crippen molar-refractivity contribution in [2.45, 2.75) is 6.42 Å². The molecule has 5 heteroatoms. The number of ether oxygens (including phenoxy) is 1. The Hall–Kier alpha value is -0.550. The molecule has 1 aromatic carbocycles. The molecule has 0 spiro atoms. The molecule has 0 aliphatic rings. The van der Waals surface area contributed by atoms with Crippen LogP contribution in [0.3, 0.4) is 0 Å². The quantitative estimate of drug-likeness (QED) is 0.921. The van der Waals surface area contributed by atoms with Gasteiger partial charge < -0.3 is 10.1 Å². The van der Waals surface area contributed by atoms with Gasteiger partial charge in [-0.05, 0) is 17.7 Å². The Bertz CT molecular complexity index is 357. The highest BCUT2D eigenvalue weighted by Crippen LogP contribution is 2.31. The number of carbonyl (C=O) groups excluding carboxylic acids is 1. The normalized spacial score (nSPS) is 9.87. The zero-order valence-electron chi connectivity index (χ0n) is 8.43. The lowest BCUT2D eigenvalue weighted by Gasteiger charge is -2.09. The lowest BCUT2D eigenvalue weighted by atomic mass is 10.1. The largest absolute Gasteiger partial charge is 0.497 e. The molecule has 0 atom stereocenters. The van der Waals surface area contributed by atoms with Crippen LogP contribution in [0.4, 0.5) is 0 Å². The van der Waals surface area contributed by atoms with Gasteiger partial charge in [0.1, 0.15) is 5.75 Å². The van der Waals surface area contributed by atoms with E-state index >= 15 is 0 Å². The van der Waals surface area contributed by atoms with Crippen LogP contribution in [-0.2, 0) is 11.2 Å². The van der Waals surface area contributed by atoms with E-state index in [4.69, 9.17) is 4.74 Å². The predicted octanol–water partition coefficient (Wildman–Crippen LogP) is 2.51. The number of benzene rings is 1. The van der Waals surface area contributed by atoms with Gasteiger partial charge in [-0.2, -0.15) is 0 Å². The van der Waals surface area contributed by atoms with E-state index in [9.17, 15) is 4.79 Å². The highest BCUT2D eigenvalue weighted by atomic mass is 79.9. The van der Waals surface area contributed by atoms with Crippen LogP contribution in [0.5, 0.6) is 5.75 Å². The van der Waals surface area contributed by atoms with Crippen molar-refractivity contribution >= 4 is 37.8 Å². The summed E-state index contributed by atoms with van der Waals surface area (Å²) in [4.78, 5) is 11.3. The van der Waals surface area contributed by atoms with Gasteiger partial charge >= 0.3 is 0 Å². The molecule has 0 saturated carbocycles. The molecule has 15 heavy (non-hydrogen) atoms. The minimum atomic E-state index is -0.0263. The number of halogens is 2. The molecule has 0 aromatic heterocycles. The van der Waals surface area contributed by atoms with Crippen LogP contribution in [0.15, 0.2) is 21.1 Å². The second kappa shape index (κ2) is 5.51. The molecule has 0 radical (unpaired) electrons. The Kier molecular flexibility index (Phi) is 4.60. The highest BCUT2D eigenvalue weighted by Gasteiger charge is 2.11. The van der Waals surface area contributed by atoms with Gasteiger partial charge in [-0.3, -0.25) is 4.79 Å². The number of likely N-dealkylation sites (N-methyl/N-ethyl adjacent to an activating group) is 1. The summed E-state index contributed by atoms with van der Waals surface area (Å²) in [7, 11) is 3.22. The summed E-state index contributed by atoms with van der Waals surface area (Å²) < 4.78 is 6.82. The molecule has 0 aliphatic carbocycles. The van der Waals surface area contributed by atoms with Crippen LogP contribution in [0.25, 0.3) is 0 Å². The van der Waals surface area contributed by atoms with E-state index in [-0.39, 0.29) is 5.91 Å². The van der Waals surface area contributed by atoms with Crippen LogP contribution in [0.2, 0.25) is 0 Å². The minimum Gasteiger partial charge on any atom is -0.497 e. The first-order valence-corrected chi connectivity index (χ1v) is 5.89. The lowest BCUT2D eigenvalue weighted by Crippen LogP contribution is -2.20. The SMILES string of the molecule is CNC(=O)Cc1c(Br)cc(OC)cc1Br. The smallest absolute Gasteiger partial charge is 0.224 e. The van der Waals surface area contributed by atoms with Gasteiger partial charge in [0.15, 0.2) is 0 Å². The first kappa shape index (κ1) is 12.5. The summed E-state index contributed by atoms with van der Waals surface area (Å²) in [6.07, 6.45) is 0.335. The summed E-state index contributed by atoms with van der Waals surface area (Å²) in [5.41, 5.74) is 0.912. The van der Waals surface area contributed by atoms with Crippen molar-refractivity contribution in [1.29, 1.82) is 0 Å². The molecule has 1 N–H and O–H groups in total. The third-order valence-corrected chi connectivity index (χ3v) is 3.38. The van der Waals surface area contributed by atoms with Crippen LogP contribution in [0.1, 0.15) is 5.56 Å². The molecular weight excluding hydrogens is 326 g/mol. The molecule has 0 fully saturated rings. The van der Waals surface area contributed by atoms with Crippen LogP contribution in [0, 0.1) is 0 Å². The van der Waals surface area contributed by atoms with Crippen molar-refractivity contribution in [3.8, 4) is 5.75 Å². The fraction of sp³-hybridized carbons (Fsp3) is 0.300. The van der Waals surface area contributed by atoms with Gasteiger partial charge in [-0.15, -0.1) is 0 Å². The number of carbonyl (C=O) groups is 1. The maximum Gasteiger partial charge on any atom is 0.224 e. The monoisotopic (exact) mass is 335 g/mol. The second-order valence-corrected chi connectivity index (χ2v) is 4.63. The molecule has 0 saturated heterocycles. The standard InChI is InChI=1S/C10H11Br2NO2/c1-13-10(14)5-7-8(11)3-6(15-2)4-9(7)12/h3-4H,5H2,1-2H3,(H,13,14). The summed E-state index contributed by atoms with van der Waals surface area (Å²) in [6.45, 7) is 0. The van der Waals surface area contributed by atoms with Gasteiger partial charge in [-0.25, -0.2) is 0 Å². The Morgan fingerprint density at radius 2 is 1.93 bits per heavy atom. The number of methoxy groups -OCH3 is 1. The van der Waals surface area contributed by atoms with E-state index in [0.717, 1.165) is 20.3 Å². The maximum atomic E-state index is 11.3. The van der Waals surface area contributed by atoms with E-state index in [1.165, 1.54) is 0 Å². The summed E-state index contributed by atoms with van der Waals surface area (Å²) in [5, 5.41) is 2.58. The molecule has 0 aliphatic heterocycles. The third kappa shape index (κ3) is 3.21. The molecule has 0 bridgehead atoms. The van der Waals surface area contributed by atoms with Crippen molar-refractivity contribution < 1.29 is 9.53 Å². The van der Waals surface area contributed by atoms with E-state index < -0.39 is 0 Å². The molecule has 0 heterocycles. The predicted molar refractivity (Wildman–Crippen MR) is 66.2 cm³/mol. The van der Waals surface area contributed by atoms with Gasteiger partial charge in [-0.1, -0.05) is 31.9 Å². The zero-order valence-corrected chi connectivity index (χ0v) is 11.6. The Labute approximate surface area is 105 Å². The van der Waals surface area contributed by atoms with E-state index in [0.29, 0.717) is 6.42 Å². The Morgan fingerprint density at radius 1 is 1.40 bits per heavy atom. The topological polar surface area (TPSA) is 38.3 Å². The lowest BCUT2D eigenvalue weighted by molar-refractivity contribution is -0.119. The van der Waals surface area contributed by atoms with Gasteiger partial charge in [0.2, 0.25) is 5.91 Å². The second-order valence-electron chi connectivity index (χ2n) is 2.92. The van der Waals surface area contributed by atoms with E-state index in [2.05, 4.69) is 37.2 Å². The van der Waals surface area contributed by atoms with Crippen molar-refractivity contribution in [2.24, 2.45) is 0 Å². The molecule has 1 aromatic rings. The van der Waals surface area contributed by atoms with E-state index in [1.807, 2.05) is 12.1 Å². The van der Waals surface area contributed by atoms with Gasteiger partial charge in [0, 0.05) is 16.0 Å². The molecule has 0 unspecified atom stereocenters. The number of rotatable bonds is 3. The first-order valence-electron chi connectivity index (χ1n) is 4.31. The highest BCUT2D eigenvalue weighted by molar-refractivity contribution is 9.11. The number of hydrogen-bond acceptors (Lipinski definition) is 2. The molecule has 1 rings (SSSR count). The first-order chi connectivity index (χ1) is 7.08. The van der Waals surface area contributed by atoms with Gasteiger partial charge in [0.05, 0.1) is 13.5 Å². The minimum absolute atomic E-state index is 0.0263. The fourth-order valence-corrected chi connectivity index (χ4v) is 2.54. The summed E-state index contributed by atoms with van der Waals surface area (Å²) in [6, 6.07) is 3.67. The number of amides is 1. The molecule has 1 amide bonds. The van der Waals surface area contributed by atoms with Crippen molar-refractivity contribution in [3.63, 3.8) is 0 Å². The number of nitrogens with one attached hydrogen (secondary N) is 1. The van der Waals surface area contributed by atoms with Crippen LogP contribution in [-0.4, -0.2) is 20.1 Å². The third-order valence-electron chi connectivity index (χ3n) is 1.97. The Balaban J connectivity index is 3.03. The van der Waals surface area contributed by atoms with Crippen molar-refractivity contribution in [1.82, 2.24) is 5.32 Å². The van der Waals surface area contributed by atoms with Crippen LogP contribution >= 0.6 is 31.9 Å². The molecule has 82 valence electrons. The maximum absolute atomic E-state index is 11.3. The number of hydrogen-bond donors (Lipinski definition) is 1. The van der Waals surface area contributed by atoms with Crippen molar-refractivity contribution in [2.75, 3.05) is 14.2 Å². The van der Waals surface area contributed by atoms with Gasteiger partial charge in [0.25, 0.3) is 0 Å². The van der Waals surface area contributed by atoms with Crippen molar-refractivity contribution in [3.05, 3.63) is 26.6 Å².